The van der Waals surface area contributed by atoms with Crippen LogP contribution in [0.15, 0.2) is 54.7 Å². The number of carbonyl (C=O) groups is 1. The minimum absolute atomic E-state index is 0.240. The second-order valence-corrected chi connectivity index (χ2v) is 5.98. The minimum atomic E-state index is -0.240. The number of ether oxygens (including phenoxy) is 2. The number of urea groups is 1. The third-order valence-electron chi connectivity index (χ3n) is 4.14. The van der Waals surface area contributed by atoms with E-state index >= 15 is 0 Å². The van der Waals surface area contributed by atoms with Gasteiger partial charge in [-0.2, -0.15) is 0 Å². The quantitative estimate of drug-likeness (QED) is 0.670. The zero-order chi connectivity index (χ0) is 19.1. The van der Waals surface area contributed by atoms with Crippen molar-refractivity contribution >= 4 is 16.8 Å². The lowest BCUT2D eigenvalue weighted by atomic mass is 10.1. The van der Waals surface area contributed by atoms with Gasteiger partial charge in [0, 0.05) is 24.8 Å². The van der Waals surface area contributed by atoms with E-state index < -0.39 is 0 Å². The van der Waals surface area contributed by atoms with Gasteiger partial charge in [0.2, 0.25) is 5.88 Å². The molecule has 0 unspecified atom stereocenters. The van der Waals surface area contributed by atoms with Crippen LogP contribution in [-0.4, -0.2) is 24.7 Å². The Hall–Kier alpha value is -3.28. The fourth-order valence-corrected chi connectivity index (χ4v) is 2.76. The number of nitrogens with one attached hydrogen (secondary N) is 2. The number of methoxy groups -OCH3 is 1. The molecule has 0 spiro atoms. The summed E-state index contributed by atoms with van der Waals surface area (Å²) < 4.78 is 10.7. The van der Waals surface area contributed by atoms with Crippen molar-refractivity contribution in [1.82, 2.24) is 15.6 Å². The van der Waals surface area contributed by atoms with Gasteiger partial charge in [-0.05, 0) is 47.5 Å². The Bertz CT molecular complexity index is 927. The number of hydrogen-bond acceptors (Lipinski definition) is 4. The minimum Gasteiger partial charge on any atom is -0.497 e. The number of rotatable bonds is 7. The number of benzene rings is 2. The van der Waals surface area contributed by atoms with E-state index in [-0.39, 0.29) is 6.03 Å². The molecule has 2 aromatic carbocycles. The third-order valence-corrected chi connectivity index (χ3v) is 4.14. The highest BCUT2D eigenvalue weighted by Gasteiger charge is 2.07. The van der Waals surface area contributed by atoms with Gasteiger partial charge in [0.15, 0.2) is 0 Å². The first-order valence-electron chi connectivity index (χ1n) is 8.84. The number of amides is 2. The van der Waals surface area contributed by atoms with E-state index in [1.807, 2.05) is 49.4 Å². The van der Waals surface area contributed by atoms with Crippen LogP contribution in [0.25, 0.3) is 10.8 Å². The van der Waals surface area contributed by atoms with E-state index in [2.05, 4.69) is 21.7 Å². The molecule has 1 heterocycles. The van der Waals surface area contributed by atoms with Crippen molar-refractivity contribution < 1.29 is 14.3 Å². The van der Waals surface area contributed by atoms with Gasteiger partial charge in [0.1, 0.15) is 5.75 Å². The molecule has 2 N–H and O–H groups in total. The third kappa shape index (κ3) is 4.88. The van der Waals surface area contributed by atoms with E-state index in [4.69, 9.17) is 9.47 Å². The van der Waals surface area contributed by atoms with Crippen molar-refractivity contribution in [2.24, 2.45) is 0 Å². The average Bonchev–Trinajstić information content (AvgIpc) is 2.71. The zero-order valence-corrected chi connectivity index (χ0v) is 15.5. The Kier molecular flexibility index (Phi) is 6.10. The Labute approximate surface area is 158 Å². The van der Waals surface area contributed by atoms with Crippen molar-refractivity contribution in [2.75, 3.05) is 13.7 Å². The molecule has 0 bridgehead atoms. The van der Waals surface area contributed by atoms with Gasteiger partial charge in [-0.3, -0.25) is 0 Å². The molecule has 0 saturated carbocycles. The van der Waals surface area contributed by atoms with E-state index in [1.165, 1.54) is 0 Å². The fraction of sp³-hybridized carbons (Fsp3) is 0.238. The molecule has 0 saturated heterocycles. The van der Waals surface area contributed by atoms with Crippen LogP contribution in [0.2, 0.25) is 0 Å². The lowest BCUT2D eigenvalue weighted by Crippen LogP contribution is -2.34. The first-order chi connectivity index (χ1) is 13.2. The van der Waals surface area contributed by atoms with Crippen LogP contribution < -0.4 is 20.1 Å². The predicted molar refractivity (Wildman–Crippen MR) is 105 cm³/mol. The fourth-order valence-electron chi connectivity index (χ4n) is 2.76. The van der Waals surface area contributed by atoms with Crippen molar-refractivity contribution in [3.63, 3.8) is 0 Å². The molecule has 0 aliphatic rings. The number of carbonyl (C=O) groups excluding carboxylic acids is 1. The first kappa shape index (κ1) is 18.5. The lowest BCUT2D eigenvalue weighted by molar-refractivity contribution is 0.240. The highest BCUT2D eigenvalue weighted by Crippen LogP contribution is 2.21. The molecule has 0 radical (unpaired) electrons. The van der Waals surface area contributed by atoms with Gasteiger partial charge >= 0.3 is 6.03 Å². The van der Waals surface area contributed by atoms with E-state index in [1.54, 1.807) is 13.3 Å². The second kappa shape index (κ2) is 8.89. The Morgan fingerprint density at radius 3 is 2.63 bits per heavy atom. The number of nitrogens with zero attached hydrogens (tertiary/aromatic N) is 1. The van der Waals surface area contributed by atoms with Gasteiger partial charge in [-0.1, -0.05) is 24.3 Å². The normalized spacial score (nSPS) is 10.4. The summed E-state index contributed by atoms with van der Waals surface area (Å²) in [5.41, 5.74) is 1.87. The molecule has 6 heteroatoms. The topological polar surface area (TPSA) is 72.5 Å². The maximum atomic E-state index is 12.1. The van der Waals surface area contributed by atoms with Crippen LogP contribution in [-0.2, 0) is 13.1 Å². The van der Waals surface area contributed by atoms with Crippen LogP contribution >= 0.6 is 0 Å². The predicted octanol–water partition coefficient (Wildman–Crippen LogP) is 3.64. The van der Waals surface area contributed by atoms with Crippen LogP contribution in [0.4, 0.5) is 4.79 Å². The molecule has 3 aromatic rings. The molecular formula is C21H23N3O3. The summed E-state index contributed by atoms with van der Waals surface area (Å²) >= 11 is 0. The summed E-state index contributed by atoms with van der Waals surface area (Å²) in [5, 5.41) is 7.91. The number of hydrogen-bond donors (Lipinski definition) is 2. The van der Waals surface area contributed by atoms with E-state index in [0.29, 0.717) is 25.6 Å². The van der Waals surface area contributed by atoms with E-state index in [0.717, 1.165) is 27.6 Å². The SMILES string of the molecule is CCOc1ncccc1CNC(=O)NCc1ccc2cc(OC)ccc2c1. The molecule has 0 aliphatic carbocycles. The highest BCUT2D eigenvalue weighted by molar-refractivity contribution is 5.84. The standard InChI is InChI=1S/C21H23N3O3/c1-3-27-20-18(5-4-10-22-20)14-24-21(25)23-13-15-6-7-17-12-19(26-2)9-8-16(17)11-15/h4-12H,3,13-14H2,1-2H3,(H2,23,24,25). The van der Waals surface area contributed by atoms with Crippen LogP contribution in [0.5, 0.6) is 11.6 Å². The maximum absolute atomic E-state index is 12.1. The molecule has 0 fully saturated rings. The smallest absolute Gasteiger partial charge is 0.315 e. The van der Waals surface area contributed by atoms with Gasteiger partial charge in [0.25, 0.3) is 0 Å². The Balaban J connectivity index is 1.55. The van der Waals surface area contributed by atoms with Crippen LogP contribution in [0.1, 0.15) is 18.1 Å². The zero-order valence-electron chi connectivity index (χ0n) is 15.5. The molecule has 140 valence electrons. The summed E-state index contributed by atoms with van der Waals surface area (Å²) in [7, 11) is 1.65. The largest absolute Gasteiger partial charge is 0.497 e. The van der Waals surface area contributed by atoms with Crippen molar-refractivity contribution in [3.8, 4) is 11.6 Å². The molecule has 1 aromatic heterocycles. The maximum Gasteiger partial charge on any atom is 0.315 e. The summed E-state index contributed by atoms with van der Waals surface area (Å²) in [4.78, 5) is 16.3. The molecule has 6 nitrogen and oxygen atoms in total. The Morgan fingerprint density at radius 2 is 1.81 bits per heavy atom. The number of pyridine rings is 1. The highest BCUT2D eigenvalue weighted by atomic mass is 16.5. The molecule has 3 rings (SSSR count). The van der Waals surface area contributed by atoms with Gasteiger partial charge in [-0.15, -0.1) is 0 Å². The van der Waals surface area contributed by atoms with Crippen molar-refractivity contribution in [3.05, 3.63) is 65.9 Å². The summed E-state index contributed by atoms with van der Waals surface area (Å²) in [6, 6.07) is 15.5. The van der Waals surface area contributed by atoms with Gasteiger partial charge in [-0.25, -0.2) is 9.78 Å². The average molecular weight is 365 g/mol. The monoisotopic (exact) mass is 365 g/mol. The Morgan fingerprint density at radius 1 is 1.04 bits per heavy atom. The van der Waals surface area contributed by atoms with Crippen molar-refractivity contribution in [1.29, 1.82) is 0 Å². The lowest BCUT2D eigenvalue weighted by Gasteiger charge is -2.11. The first-order valence-corrected chi connectivity index (χ1v) is 8.84. The van der Waals surface area contributed by atoms with Gasteiger partial charge in [0.05, 0.1) is 13.7 Å². The van der Waals surface area contributed by atoms with Crippen LogP contribution in [0, 0.1) is 0 Å². The van der Waals surface area contributed by atoms with E-state index in [9.17, 15) is 4.79 Å². The molecule has 0 aliphatic heterocycles. The van der Waals surface area contributed by atoms with Crippen LogP contribution in [0.3, 0.4) is 0 Å². The van der Waals surface area contributed by atoms with Gasteiger partial charge < -0.3 is 20.1 Å². The molecule has 2 amide bonds. The number of fused-ring (bicyclic) bond motifs is 1. The molecule has 0 atom stereocenters. The summed E-state index contributed by atoms with van der Waals surface area (Å²) in [6.07, 6.45) is 1.67. The van der Waals surface area contributed by atoms with Crippen molar-refractivity contribution in [2.45, 2.75) is 20.0 Å². The molecular weight excluding hydrogens is 342 g/mol. The summed E-state index contributed by atoms with van der Waals surface area (Å²) in [6.45, 7) is 3.23. The second-order valence-electron chi connectivity index (χ2n) is 5.98. The summed E-state index contributed by atoms with van der Waals surface area (Å²) in [5.74, 6) is 1.37. The number of aromatic nitrogens is 1. The molecule has 27 heavy (non-hydrogen) atoms.